The van der Waals surface area contributed by atoms with Crippen LogP contribution >= 0.6 is 0 Å². The molecule has 2 amide bonds. The maximum Gasteiger partial charge on any atom is 0.252 e. The fourth-order valence-electron chi connectivity index (χ4n) is 4.04. The van der Waals surface area contributed by atoms with Crippen molar-refractivity contribution in [1.29, 1.82) is 0 Å². The summed E-state index contributed by atoms with van der Waals surface area (Å²) in [5, 5.41) is 7.37. The Morgan fingerprint density at radius 2 is 2.00 bits per heavy atom. The van der Waals surface area contributed by atoms with Crippen LogP contribution < -0.4 is 15.8 Å². The maximum atomic E-state index is 13.2. The van der Waals surface area contributed by atoms with E-state index in [4.69, 9.17) is 4.42 Å². The fraction of sp³-hybridized carbons (Fsp3) is 0.240. The van der Waals surface area contributed by atoms with Gasteiger partial charge in [-0.25, -0.2) is 4.98 Å². The molecule has 1 unspecified atom stereocenters. The molecule has 0 bridgehead atoms. The van der Waals surface area contributed by atoms with E-state index in [9.17, 15) is 14.4 Å². The molecular weight excluding hydrogens is 448 g/mol. The van der Waals surface area contributed by atoms with Crippen LogP contribution in [-0.4, -0.2) is 38.1 Å². The van der Waals surface area contributed by atoms with Gasteiger partial charge in [-0.1, -0.05) is 24.6 Å². The highest BCUT2D eigenvalue weighted by Gasteiger charge is 2.35. The number of benzene rings is 1. The van der Waals surface area contributed by atoms with Gasteiger partial charge in [-0.3, -0.25) is 19.4 Å². The van der Waals surface area contributed by atoms with E-state index in [1.165, 1.54) is 17.0 Å². The first kappa shape index (κ1) is 22.3. The number of hydrogen-bond donors (Lipinski definition) is 2. The van der Waals surface area contributed by atoms with Crippen LogP contribution in [0.1, 0.15) is 24.6 Å². The van der Waals surface area contributed by atoms with Crippen molar-refractivity contribution in [3.8, 4) is 17.4 Å². The largest absolute Gasteiger partial charge is 0.463 e. The van der Waals surface area contributed by atoms with Gasteiger partial charge in [-0.2, -0.15) is 9.78 Å². The van der Waals surface area contributed by atoms with Gasteiger partial charge in [0.05, 0.1) is 12.2 Å². The van der Waals surface area contributed by atoms with Gasteiger partial charge in [-0.15, -0.1) is 0 Å². The van der Waals surface area contributed by atoms with Crippen molar-refractivity contribution in [2.75, 3.05) is 16.8 Å². The van der Waals surface area contributed by atoms with E-state index in [1.807, 2.05) is 38.1 Å². The zero-order valence-corrected chi connectivity index (χ0v) is 19.3. The monoisotopic (exact) mass is 472 g/mol. The molecule has 0 spiro atoms. The molecule has 1 saturated heterocycles. The van der Waals surface area contributed by atoms with Crippen LogP contribution in [0.25, 0.3) is 17.4 Å². The minimum atomic E-state index is -0.548. The third-order valence-electron chi connectivity index (χ3n) is 5.92. The number of aromatic nitrogens is 4. The Hall–Kier alpha value is -4.47. The molecule has 1 fully saturated rings. The summed E-state index contributed by atoms with van der Waals surface area (Å²) in [4.78, 5) is 46.8. The number of anilines is 2. The Morgan fingerprint density at radius 1 is 1.20 bits per heavy atom. The number of aryl methyl sites for hydroxylation is 2. The maximum absolute atomic E-state index is 13.2. The second kappa shape index (κ2) is 9.05. The Labute approximate surface area is 200 Å². The topological polar surface area (TPSA) is 126 Å². The third kappa shape index (κ3) is 4.50. The molecule has 1 atom stereocenters. The summed E-state index contributed by atoms with van der Waals surface area (Å²) in [6.45, 7) is 4.14. The van der Waals surface area contributed by atoms with E-state index in [-0.39, 0.29) is 36.3 Å². The van der Waals surface area contributed by atoms with E-state index in [2.05, 4.69) is 20.4 Å². The Bertz CT molecular complexity index is 1440. The Morgan fingerprint density at radius 3 is 2.71 bits per heavy atom. The highest BCUT2D eigenvalue weighted by Crippen LogP contribution is 2.28. The quantitative estimate of drug-likeness (QED) is 0.444. The summed E-state index contributed by atoms with van der Waals surface area (Å²) < 4.78 is 6.82. The Balaban J connectivity index is 1.44. The van der Waals surface area contributed by atoms with Crippen molar-refractivity contribution in [2.45, 2.75) is 26.7 Å². The van der Waals surface area contributed by atoms with Crippen LogP contribution in [0.2, 0.25) is 0 Å². The summed E-state index contributed by atoms with van der Waals surface area (Å²) in [7, 11) is 0. The number of nitrogens with zero attached hydrogens (tertiary/aromatic N) is 4. The second-order valence-electron chi connectivity index (χ2n) is 8.45. The van der Waals surface area contributed by atoms with Crippen LogP contribution in [0.5, 0.6) is 0 Å². The molecule has 5 rings (SSSR count). The molecule has 4 heterocycles. The number of amides is 2. The lowest BCUT2D eigenvalue weighted by Crippen LogP contribution is -2.29. The first-order valence-electron chi connectivity index (χ1n) is 11.3. The summed E-state index contributed by atoms with van der Waals surface area (Å²) in [6, 6.07) is 14.2. The zero-order chi connectivity index (χ0) is 24.5. The highest BCUT2D eigenvalue weighted by atomic mass is 16.3. The van der Waals surface area contributed by atoms with Crippen LogP contribution in [0.15, 0.2) is 64.0 Å². The summed E-state index contributed by atoms with van der Waals surface area (Å²) >= 11 is 0. The number of hydrogen-bond acceptors (Lipinski definition) is 6. The molecule has 1 aliphatic heterocycles. The number of furan rings is 1. The molecule has 0 radical (unpaired) electrons. The van der Waals surface area contributed by atoms with Crippen molar-refractivity contribution < 1.29 is 14.0 Å². The fourth-order valence-corrected chi connectivity index (χ4v) is 4.04. The molecule has 35 heavy (non-hydrogen) atoms. The first-order valence-corrected chi connectivity index (χ1v) is 11.3. The lowest BCUT2D eigenvalue weighted by molar-refractivity contribution is -0.122. The number of nitrogens with one attached hydrogen (secondary N) is 2. The normalized spacial score (nSPS) is 15.5. The van der Waals surface area contributed by atoms with Crippen LogP contribution in [-0.2, 0) is 16.0 Å². The average Bonchev–Trinajstić information content (AvgIpc) is 3.59. The predicted octanol–water partition coefficient (Wildman–Crippen LogP) is 3.08. The lowest BCUT2D eigenvalue weighted by atomic mass is 10.1. The molecule has 10 heteroatoms. The number of carbonyl (C=O) groups is 2. The summed E-state index contributed by atoms with van der Waals surface area (Å²) in [5.41, 5.74) is 2.58. The van der Waals surface area contributed by atoms with Crippen molar-refractivity contribution in [3.63, 3.8) is 0 Å². The molecule has 2 N–H and O–H groups in total. The van der Waals surface area contributed by atoms with E-state index in [0.29, 0.717) is 29.4 Å². The molecule has 3 aromatic heterocycles. The van der Waals surface area contributed by atoms with Gasteiger partial charge in [-0.05, 0) is 37.6 Å². The molecule has 4 aromatic rings. The van der Waals surface area contributed by atoms with Gasteiger partial charge >= 0.3 is 0 Å². The van der Waals surface area contributed by atoms with Crippen molar-refractivity contribution >= 4 is 23.3 Å². The molecule has 178 valence electrons. The number of H-pyrrole nitrogens is 1. The van der Waals surface area contributed by atoms with Gasteiger partial charge in [0.15, 0.2) is 5.76 Å². The van der Waals surface area contributed by atoms with E-state index < -0.39 is 5.92 Å². The Kier molecular flexibility index (Phi) is 5.77. The van der Waals surface area contributed by atoms with E-state index in [0.717, 1.165) is 11.3 Å². The minimum Gasteiger partial charge on any atom is -0.463 e. The molecule has 1 aromatic carbocycles. The van der Waals surface area contributed by atoms with Gasteiger partial charge in [0.25, 0.3) is 5.56 Å². The molecular formula is C25H24N6O4. The molecule has 10 nitrogen and oxygen atoms in total. The predicted molar refractivity (Wildman–Crippen MR) is 129 cm³/mol. The van der Waals surface area contributed by atoms with Crippen molar-refractivity contribution in [3.05, 3.63) is 76.4 Å². The van der Waals surface area contributed by atoms with Gasteiger partial charge in [0.1, 0.15) is 11.5 Å². The number of aromatic amines is 1. The summed E-state index contributed by atoms with van der Waals surface area (Å²) in [5.74, 6) is -0.0113. The van der Waals surface area contributed by atoms with E-state index >= 15 is 0 Å². The number of carbonyl (C=O) groups excluding carboxylic acids is 2. The van der Waals surface area contributed by atoms with Crippen molar-refractivity contribution in [2.24, 2.45) is 5.92 Å². The van der Waals surface area contributed by atoms with Crippen LogP contribution in [0, 0.1) is 12.8 Å². The molecule has 0 saturated carbocycles. The minimum absolute atomic E-state index is 0.0965. The van der Waals surface area contributed by atoms with Crippen molar-refractivity contribution in [1.82, 2.24) is 19.7 Å². The number of rotatable bonds is 6. The standard InChI is InChI=1S/C25H24N6O4/c1-3-17-12-22(32)28-25(26-17)31-21(13-19(29-31)20-5-4-10-35-20)27-24(34)16-11-23(33)30(14-16)18-8-6-15(2)7-9-18/h4-10,12-13,16H,3,11,14H2,1-2H3,(H,27,34)(H,26,28,32). The first-order chi connectivity index (χ1) is 16.9. The van der Waals surface area contributed by atoms with Crippen LogP contribution in [0.4, 0.5) is 11.5 Å². The molecule has 1 aliphatic rings. The highest BCUT2D eigenvalue weighted by molar-refractivity contribution is 6.03. The molecule has 0 aliphatic carbocycles. The SMILES string of the molecule is CCc1cc(=O)[nH]c(-n2nc(-c3ccco3)cc2NC(=O)C2CC(=O)N(c3ccc(C)cc3)C2)n1. The summed E-state index contributed by atoms with van der Waals surface area (Å²) in [6.07, 6.45) is 2.18. The smallest absolute Gasteiger partial charge is 0.252 e. The van der Waals surface area contributed by atoms with Gasteiger partial charge in [0.2, 0.25) is 17.8 Å². The van der Waals surface area contributed by atoms with Gasteiger partial charge < -0.3 is 14.6 Å². The zero-order valence-electron chi connectivity index (χ0n) is 19.3. The second-order valence-corrected chi connectivity index (χ2v) is 8.45. The van der Waals surface area contributed by atoms with Gasteiger partial charge in [0, 0.05) is 36.5 Å². The average molecular weight is 473 g/mol. The lowest BCUT2D eigenvalue weighted by Gasteiger charge is -2.17. The third-order valence-corrected chi connectivity index (χ3v) is 5.92. The van der Waals surface area contributed by atoms with Crippen LogP contribution in [0.3, 0.4) is 0 Å². The van der Waals surface area contributed by atoms with E-state index in [1.54, 1.807) is 23.1 Å².